The first-order valence-corrected chi connectivity index (χ1v) is 10.4. The second kappa shape index (κ2) is 8.14. The predicted octanol–water partition coefficient (Wildman–Crippen LogP) is 3.21. The van der Waals surface area contributed by atoms with Crippen molar-refractivity contribution in [3.63, 3.8) is 0 Å². The summed E-state index contributed by atoms with van der Waals surface area (Å²) in [6, 6.07) is 6.44. The molecule has 1 aliphatic heterocycles. The molecule has 6 nitrogen and oxygen atoms in total. The minimum absolute atomic E-state index is 0.171. The standard InChI is InChI=1S/C17H11F3N2O4S3/c1-26-10-3-2-4-11(7-10)29(24,25)21-22-16(23)15(28-17(22)27)6-9-5-13(19)14(20)8-12(9)18/h2-8,21H,1H3/b15-6+. The van der Waals surface area contributed by atoms with E-state index in [2.05, 4.69) is 0 Å². The van der Waals surface area contributed by atoms with Crippen LogP contribution in [0.3, 0.4) is 0 Å². The number of thiocarbonyl (C=S) groups is 1. The van der Waals surface area contributed by atoms with Crippen molar-refractivity contribution >= 4 is 50.3 Å². The summed E-state index contributed by atoms with van der Waals surface area (Å²) in [7, 11) is -2.83. The first-order chi connectivity index (χ1) is 13.6. The number of sulfonamides is 1. The van der Waals surface area contributed by atoms with Gasteiger partial charge in [0.25, 0.3) is 15.9 Å². The molecule has 152 valence electrons. The maximum Gasteiger partial charge on any atom is 0.281 e. The maximum atomic E-state index is 13.8. The van der Waals surface area contributed by atoms with Gasteiger partial charge in [0, 0.05) is 17.7 Å². The summed E-state index contributed by atoms with van der Waals surface area (Å²) in [6.07, 6.45) is 0.955. The second-order valence-corrected chi connectivity index (χ2v) is 8.92. The Labute approximate surface area is 173 Å². The second-order valence-electron chi connectivity index (χ2n) is 5.58. The number of carbonyl (C=O) groups excluding carboxylic acids is 1. The summed E-state index contributed by atoms with van der Waals surface area (Å²) in [5, 5.41) is 0.596. The van der Waals surface area contributed by atoms with Crippen molar-refractivity contribution < 1.29 is 31.1 Å². The van der Waals surface area contributed by atoms with E-state index in [1.54, 1.807) is 0 Å². The normalized spacial score (nSPS) is 16.0. The van der Waals surface area contributed by atoms with Crippen LogP contribution in [0, 0.1) is 17.5 Å². The highest BCUT2D eigenvalue weighted by molar-refractivity contribution is 8.26. The highest BCUT2D eigenvalue weighted by atomic mass is 32.2. The molecule has 2 aromatic rings. The van der Waals surface area contributed by atoms with Crippen LogP contribution in [0.5, 0.6) is 5.75 Å². The van der Waals surface area contributed by atoms with Gasteiger partial charge in [-0.25, -0.2) is 26.6 Å². The van der Waals surface area contributed by atoms with Crippen LogP contribution >= 0.6 is 24.0 Å². The van der Waals surface area contributed by atoms with Crippen LogP contribution in [-0.4, -0.2) is 30.8 Å². The Hall–Kier alpha value is -2.41. The van der Waals surface area contributed by atoms with Crippen LogP contribution in [-0.2, 0) is 14.8 Å². The number of ether oxygens (including phenoxy) is 1. The maximum absolute atomic E-state index is 13.8. The van der Waals surface area contributed by atoms with Crippen molar-refractivity contribution in [2.24, 2.45) is 0 Å². The van der Waals surface area contributed by atoms with Gasteiger partial charge in [-0.1, -0.05) is 30.0 Å². The smallest absolute Gasteiger partial charge is 0.281 e. The fourth-order valence-corrected chi connectivity index (χ4v) is 4.61. The number of hydrogen-bond donors (Lipinski definition) is 1. The minimum Gasteiger partial charge on any atom is -0.497 e. The summed E-state index contributed by atoms with van der Waals surface area (Å²) in [6.45, 7) is 0. The van der Waals surface area contributed by atoms with Gasteiger partial charge < -0.3 is 4.74 Å². The van der Waals surface area contributed by atoms with Crippen molar-refractivity contribution in [2.45, 2.75) is 4.90 Å². The number of carbonyl (C=O) groups is 1. The molecule has 0 saturated carbocycles. The molecule has 0 aromatic heterocycles. The lowest BCUT2D eigenvalue weighted by molar-refractivity contribution is -0.123. The van der Waals surface area contributed by atoms with Gasteiger partial charge in [-0.15, -0.1) is 4.83 Å². The zero-order valence-corrected chi connectivity index (χ0v) is 16.9. The van der Waals surface area contributed by atoms with E-state index in [-0.39, 0.29) is 25.4 Å². The van der Waals surface area contributed by atoms with Gasteiger partial charge >= 0.3 is 0 Å². The van der Waals surface area contributed by atoms with Crippen molar-refractivity contribution in [1.29, 1.82) is 0 Å². The lowest BCUT2D eigenvalue weighted by Crippen LogP contribution is -2.44. The number of methoxy groups -OCH3 is 1. The fourth-order valence-electron chi connectivity index (χ4n) is 2.28. The number of amides is 1. The monoisotopic (exact) mass is 460 g/mol. The zero-order chi connectivity index (χ0) is 21.3. The largest absolute Gasteiger partial charge is 0.497 e. The number of rotatable bonds is 5. The molecule has 12 heteroatoms. The number of halogens is 3. The van der Waals surface area contributed by atoms with Crippen molar-refractivity contribution in [3.05, 3.63) is 64.3 Å². The number of hydrazine groups is 1. The number of thioether (sulfide) groups is 1. The summed E-state index contributed by atoms with van der Waals surface area (Å²) in [4.78, 5) is 14.2. The van der Waals surface area contributed by atoms with Gasteiger partial charge in [0.05, 0.1) is 16.9 Å². The zero-order valence-electron chi connectivity index (χ0n) is 14.5. The van der Waals surface area contributed by atoms with E-state index in [1.165, 1.54) is 31.4 Å². The number of nitrogens with zero attached hydrogens (tertiary/aromatic N) is 1. The predicted molar refractivity (Wildman–Crippen MR) is 105 cm³/mol. The highest BCUT2D eigenvalue weighted by Gasteiger charge is 2.36. The molecule has 29 heavy (non-hydrogen) atoms. The van der Waals surface area contributed by atoms with E-state index in [0.717, 1.165) is 6.08 Å². The number of nitrogens with one attached hydrogen (secondary N) is 1. The first kappa shape index (κ1) is 21.3. The molecule has 2 aromatic carbocycles. The Kier molecular flexibility index (Phi) is 5.98. The average Bonchev–Trinajstić information content (AvgIpc) is 2.93. The van der Waals surface area contributed by atoms with Crippen LogP contribution in [0.2, 0.25) is 0 Å². The van der Waals surface area contributed by atoms with Gasteiger partial charge in [0.1, 0.15) is 11.6 Å². The van der Waals surface area contributed by atoms with E-state index in [1.807, 2.05) is 4.83 Å². The molecule has 0 radical (unpaired) electrons. The van der Waals surface area contributed by atoms with Crippen LogP contribution in [0.1, 0.15) is 5.56 Å². The van der Waals surface area contributed by atoms with Crippen LogP contribution in [0.25, 0.3) is 6.08 Å². The van der Waals surface area contributed by atoms with E-state index in [0.29, 0.717) is 28.9 Å². The Morgan fingerprint density at radius 3 is 2.52 bits per heavy atom. The van der Waals surface area contributed by atoms with Crippen LogP contribution in [0.15, 0.2) is 46.2 Å². The molecule has 0 atom stereocenters. The lowest BCUT2D eigenvalue weighted by atomic mass is 10.2. The molecule has 0 spiro atoms. The van der Waals surface area contributed by atoms with E-state index in [9.17, 15) is 26.4 Å². The fraction of sp³-hybridized carbons (Fsp3) is 0.0588. The minimum atomic E-state index is -4.20. The molecular weight excluding hydrogens is 449 g/mol. The van der Waals surface area contributed by atoms with Gasteiger partial charge in [-0.2, -0.15) is 0 Å². The molecule has 1 saturated heterocycles. The lowest BCUT2D eigenvalue weighted by Gasteiger charge is -2.16. The Balaban J connectivity index is 1.88. The molecule has 0 aliphatic carbocycles. The Morgan fingerprint density at radius 2 is 1.83 bits per heavy atom. The molecule has 1 aliphatic rings. The van der Waals surface area contributed by atoms with Crippen molar-refractivity contribution in [1.82, 2.24) is 9.84 Å². The van der Waals surface area contributed by atoms with Crippen molar-refractivity contribution in [2.75, 3.05) is 7.11 Å². The van der Waals surface area contributed by atoms with Crippen LogP contribution < -0.4 is 9.57 Å². The number of benzene rings is 2. The van der Waals surface area contributed by atoms with Crippen LogP contribution in [0.4, 0.5) is 13.2 Å². The van der Waals surface area contributed by atoms with E-state index in [4.69, 9.17) is 17.0 Å². The average molecular weight is 460 g/mol. The van der Waals surface area contributed by atoms with E-state index >= 15 is 0 Å². The molecule has 1 fully saturated rings. The van der Waals surface area contributed by atoms with Gasteiger partial charge in [-0.3, -0.25) is 4.79 Å². The van der Waals surface area contributed by atoms with Gasteiger partial charge in [-0.05, 0) is 24.3 Å². The van der Waals surface area contributed by atoms with Gasteiger partial charge in [0.15, 0.2) is 16.0 Å². The van der Waals surface area contributed by atoms with Crippen molar-refractivity contribution in [3.8, 4) is 5.75 Å². The molecule has 0 unspecified atom stereocenters. The highest BCUT2D eigenvalue weighted by Crippen LogP contribution is 2.33. The Morgan fingerprint density at radius 1 is 1.14 bits per heavy atom. The molecule has 0 bridgehead atoms. The summed E-state index contributed by atoms with van der Waals surface area (Å²) in [5.41, 5.74) is -0.389. The van der Waals surface area contributed by atoms with Gasteiger partial charge in [0.2, 0.25) is 0 Å². The molecule has 3 rings (SSSR count). The quantitative estimate of drug-likeness (QED) is 0.420. The molecule has 1 amide bonds. The first-order valence-electron chi connectivity index (χ1n) is 7.71. The summed E-state index contributed by atoms with van der Waals surface area (Å²) < 4.78 is 70.1. The summed E-state index contributed by atoms with van der Waals surface area (Å²) >= 11 is 5.68. The topological polar surface area (TPSA) is 75.7 Å². The summed E-state index contributed by atoms with van der Waals surface area (Å²) in [5.74, 6) is -4.38. The molecule has 1 N–H and O–H groups in total. The molecular formula is C17H11F3N2O4S3. The molecule has 1 heterocycles. The number of hydrogen-bond acceptors (Lipinski definition) is 6. The van der Waals surface area contributed by atoms with E-state index < -0.39 is 33.4 Å². The third-order valence-electron chi connectivity index (χ3n) is 3.68. The third-order valence-corrected chi connectivity index (χ3v) is 6.28. The Bertz CT molecular complexity index is 1150. The SMILES string of the molecule is COc1cccc(S(=O)(=O)NN2C(=O)/C(=C\c3cc(F)c(F)cc3F)SC2=S)c1. The third kappa shape index (κ3) is 4.45.